The highest BCUT2D eigenvalue weighted by Gasteiger charge is 2.23. The van der Waals surface area contributed by atoms with Gasteiger partial charge in [0.1, 0.15) is 0 Å². The predicted octanol–water partition coefficient (Wildman–Crippen LogP) is 2.00. The summed E-state index contributed by atoms with van der Waals surface area (Å²) in [5.41, 5.74) is 0.113. The van der Waals surface area contributed by atoms with Crippen molar-refractivity contribution in [1.82, 2.24) is 4.98 Å². The summed E-state index contributed by atoms with van der Waals surface area (Å²) in [6.07, 6.45) is 1.38. The summed E-state index contributed by atoms with van der Waals surface area (Å²) >= 11 is 3.14. The van der Waals surface area contributed by atoms with Gasteiger partial charge in [-0.15, -0.1) is 0 Å². The molecule has 1 heterocycles. The summed E-state index contributed by atoms with van der Waals surface area (Å²) < 4.78 is 10.1. The molecule has 0 radical (unpaired) electrons. The number of esters is 1. The smallest absolute Gasteiger partial charge is 0.344 e. The van der Waals surface area contributed by atoms with Crippen LogP contribution in [0, 0.1) is 17.0 Å². The third kappa shape index (κ3) is 3.39. The SMILES string of the molecule is CCOC(=O)COc1ncc(Br)c(C)c1[N+](=O)[O-]. The molecule has 98 valence electrons. The van der Waals surface area contributed by atoms with Crippen LogP contribution >= 0.6 is 15.9 Å². The molecule has 0 aromatic carbocycles. The van der Waals surface area contributed by atoms with Crippen LogP contribution in [0.2, 0.25) is 0 Å². The van der Waals surface area contributed by atoms with Crippen LogP contribution in [0.1, 0.15) is 12.5 Å². The fourth-order valence-corrected chi connectivity index (χ4v) is 1.49. The van der Waals surface area contributed by atoms with Crippen molar-refractivity contribution in [3.05, 3.63) is 26.3 Å². The van der Waals surface area contributed by atoms with Crippen LogP contribution in [-0.2, 0) is 9.53 Å². The quantitative estimate of drug-likeness (QED) is 0.468. The van der Waals surface area contributed by atoms with Crippen molar-refractivity contribution in [2.75, 3.05) is 13.2 Å². The van der Waals surface area contributed by atoms with Gasteiger partial charge in [-0.05, 0) is 29.8 Å². The second-order valence-corrected chi connectivity index (χ2v) is 4.09. The average molecular weight is 319 g/mol. The molecular formula is C10H11BrN2O5. The Morgan fingerprint density at radius 3 is 2.83 bits per heavy atom. The van der Waals surface area contributed by atoms with Crippen molar-refractivity contribution in [3.63, 3.8) is 0 Å². The second-order valence-electron chi connectivity index (χ2n) is 3.24. The molecule has 0 aliphatic carbocycles. The molecule has 0 fully saturated rings. The van der Waals surface area contributed by atoms with Crippen LogP contribution in [0.4, 0.5) is 5.69 Å². The summed E-state index contributed by atoms with van der Waals surface area (Å²) in [5.74, 6) is -0.803. The first-order chi connectivity index (χ1) is 8.47. The highest BCUT2D eigenvalue weighted by Crippen LogP contribution is 2.32. The van der Waals surface area contributed by atoms with Crippen LogP contribution in [0.5, 0.6) is 5.88 Å². The first-order valence-corrected chi connectivity index (χ1v) is 5.84. The Bertz CT molecular complexity index is 478. The highest BCUT2D eigenvalue weighted by molar-refractivity contribution is 9.10. The molecule has 0 amide bonds. The zero-order chi connectivity index (χ0) is 13.7. The van der Waals surface area contributed by atoms with Gasteiger partial charge in [0.05, 0.1) is 11.5 Å². The highest BCUT2D eigenvalue weighted by atomic mass is 79.9. The van der Waals surface area contributed by atoms with Gasteiger partial charge in [0, 0.05) is 16.2 Å². The van der Waals surface area contributed by atoms with Crippen molar-refractivity contribution >= 4 is 27.6 Å². The lowest BCUT2D eigenvalue weighted by Crippen LogP contribution is -2.16. The summed E-state index contributed by atoms with van der Waals surface area (Å²) in [6, 6.07) is 0. The Labute approximate surface area is 111 Å². The van der Waals surface area contributed by atoms with Gasteiger partial charge >= 0.3 is 11.7 Å². The molecule has 0 bridgehead atoms. The van der Waals surface area contributed by atoms with E-state index in [0.29, 0.717) is 10.0 Å². The van der Waals surface area contributed by atoms with E-state index in [4.69, 9.17) is 4.74 Å². The Hall–Kier alpha value is -1.70. The first kappa shape index (κ1) is 14.4. The molecule has 0 aliphatic rings. The molecule has 0 unspecified atom stereocenters. The Morgan fingerprint density at radius 2 is 2.28 bits per heavy atom. The normalized spacial score (nSPS) is 9.94. The van der Waals surface area contributed by atoms with Crippen molar-refractivity contribution in [2.45, 2.75) is 13.8 Å². The van der Waals surface area contributed by atoms with Crippen LogP contribution in [0.15, 0.2) is 10.7 Å². The van der Waals surface area contributed by atoms with E-state index >= 15 is 0 Å². The van der Waals surface area contributed by atoms with Crippen molar-refractivity contribution in [3.8, 4) is 5.88 Å². The number of rotatable bonds is 5. The Morgan fingerprint density at radius 1 is 1.61 bits per heavy atom. The topological polar surface area (TPSA) is 91.6 Å². The summed E-state index contributed by atoms with van der Waals surface area (Å²) in [7, 11) is 0. The molecule has 0 spiro atoms. The largest absolute Gasteiger partial charge is 0.463 e. The fraction of sp³-hybridized carbons (Fsp3) is 0.400. The number of pyridine rings is 1. The van der Waals surface area contributed by atoms with E-state index in [-0.39, 0.29) is 18.2 Å². The molecule has 0 N–H and O–H groups in total. The fourth-order valence-electron chi connectivity index (χ4n) is 1.20. The number of carbonyl (C=O) groups excluding carboxylic acids is 1. The maximum absolute atomic E-state index is 11.1. The van der Waals surface area contributed by atoms with Gasteiger partial charge in [0.15, 0.2) is 6.61 Å². The molecule has 8 heteroatoms. The van der Waals surface area contributed by atoms with Gasteiger partial charge in [-0.25, -0.2) is 9.78 Å². The molecular weight excluding hydrogens is 308 g/mol. The van der Waals surface area contributed by atoms with Gasteiger partial charge < -0.3 is 9.47 Å². The van der Waals surface area contributed by atoms with E-state index in [2.05, 4.69) is 25.7 Å². The number of ether oxygens (including phenoxy) is 2. The van der Waals surface area contributed by atoms with E-state index < -0.39 is 17.5 Å². The zero-order valence-electron chi connectivity index (χ0n) is 9.81. The van der Waals surface area contributed by atoms with E-state index in [0.717, 1.165) is 0 Å². The summed E-state index contributed by atoms with van der Waals surface area (Å²) in [4.78, 5) is 25.2. The molecule has 0 saturated carbocycles. The Balaban J connectivity index is 2.92. The second kappa shape index (κ2) is 6.29. The molecule has 7 nitrogen and oxygen atoms in total. The van der Waals surface area contributed by atoms with Crippen LogP contribution in [0.25, 0.3) is 0 Å². The lowest BCUT2D eigenvalue weighted by molar-refractivity contribution is -0.386. The number of carbonyl (C=O) groups is 1. The maximum Gasteiger partial charge on any atom is 0.344 e. The Kier molecular flexibility index (Phi) is 5.02. The molecule has 0 saturated heterocycles. The van der Waals surface area contributed by atoms with Crippen molar-refractivity contribution < 1.29 is 19.2 Å². The summed E-state index contributed by atoms with van der Waals surface area (Å²) in [6.45, 7) is 3.02. The number of hydrogen-bond acceptors (Lipinski definition) is 6. The molecule has 18 heavy (non-hydrogen) atoms. The lowest BCUT2D eigenvalue weighted by Gasteiger charge is -2.07. The molecule has 0 aliphatic heterocycles. The minimum atomic E-state index is -0.604. The van der Waals surface area contributed by atoms with Gasteiger partial charge in [0.2, 0.25) is 0 Å². The average Bonchev–Trinajstić information content (AvgIpc) is 2.30. The number of nitrogens with zero attached hydrogens (tertiary/aromatic N) is 2. The first-order valence-electron chi connectivity index (χ1n) is 5.05. The van der Waals surface area contributed by atoms with Crippen LogP contribution in [-0.4, -0.2) is 29.1 Å². The van der Waals surface area contributed by atoms with E-state index in [1.165, 1.54) is 6.20 Å². The monoisotopic (exact) mass is 318 g/mol. The zero-order valence-corrected chi connectivity index (χ0v) is 11.4. The third-order valence-electron chi connectivity index (χ3n) is 2.03. The van der Waals surface area contributed by atoms with Crippen LogP contribution in [0.3, 0.4) is 0 Å². The number of hydrogen-bond donors (Lipinski definition) is 0. The van der Waals surface area contributed by atoms with Gasteiger partial charge in [-0.1, -0.05) is 0 Å². The van der Waals surface area contributed by atoms with E-state index in [1.807, 2.05) is 0 Å². The molecule has 1 aromatic rings. The maximum atomic E-state index is 11.1. The lowest BCUT2D eigenvalue weighted by atomic mass is 10.2. The molecule has 1 aromatic heterocycles. The molecule has 0 atom stereocenters. The summed E-state index contributed by atoms with van der Waals surface area (Å²) in [5, 5.41) is 10.9. The van der Waals surface area contributed by atoms with Crippen molar-refractivity contribution in [1.29, 1.82) is 0 Å². The van der Waals surface area contributed by atoms with Crippen molar-refractivity contribution in [2.24, 2.45) is 0 Å². The van der Waals surface area contributed by atoms with Crippen LogP contribution < -0.4 is 4.74 Å². The van der Waals surface area contributed by atoms with Gasteiger partial charge in [0.25, 0.3) is 5.88 Å². The standard InChI is InChI=1S/C10H11BrN2O5/c1-3-17-8(14)5-18-10-9(13(15)16)6(2)7(11)4-12-10/h4H,3,5H2,1-2H3. The number of aromatic nitrogens is 1. The minimum Gasteiger partial charge on any atom is -0.463 e. The van der Waals surface area contributed by atoms with E-state index in [1.54, 1.807) is 13.8 Å². The van der Waals surface area contributed by atoms with Gasteiger partial charge in [-0.3, -0.25) is 10.1 Å². The predicted molar refractivity (Wildman–Crippen MR) is 65.5 cm³/mol. The number of nitro groups is 1. The number of halogens is 1. The minimum absolute atomic E-state index is 0.200. The molecule has 1 rings (SSSR count). The third-order valence-corrected chi connectivity index (χ3v) is 2.83. The van der Waals surface area contributed by atoms with E-state index in [9.17, 15) is 14.9 Å². The van der Waals surface area contributed by atoms with Gasteiger partial charge in [-0.2, -0.15) is 0 Å².